The maximum atomic E-state index is 2.70. The summed E-state index contributed by atoms with van der Waals surface area (Å²) < 4.78 is 5.41. The van der Waals surface area contributed by atoms with Gasteiger partial charge in [-0.05, 0) is 0 Å². The van der Waals surface area contributed by atoms with Crippen molar-refractivity contribution in [3.8, 4) is 0 Å². The number of rotatable bonds is 6. The van der Waals surface area contributed by atoms with Crippen LogP contribution in [0.2, 0.25) is 10.5 Å². The summed E-state index contributed by atoms with van der Waals surface area (Å²) in [7, 11) is 2.31. The van der Waals surface area contributed by atoms with Gasteiger partial charge in [-0.15, -0.1) is 0 Å². The van der Waals surface area contributed by atoms with Crippen molar-refractivity contribution in [1.82, 2.24) is 0 Å². The molecule has 0 saturated carbocycles. The molecule has 0 bridgehead atoms. The fourth-order valence-electron chi connectivity index (χ4n) is 2.90. The molecule has 0 heterocycles. The zero-order chi connectivity index (χ0) is 14.5. The van der Waals surface area contributed by atoms with Gasteiger partial charge in [0.15, 0.2) is 0 Å². The third-order valence-corrected chi connectivity index (χ3v) is 11.7. The summed E-state index contributed by atoms with van der Waals surface area (Å²) in [5.41, 5.74) is 3.21. The standard InChI is InChI=1S/2C8H10.2CH3.H2Si.Ti/c2*1-2-5-8-6-3-4-7-8;;;;/h2*1,3-4,6H,2,5,7H2;2*1H3;1H2;. The van der Waals surface area contributed by atoms with Gasteiger partial charge >= 0.3 is 126 Å². The van der Waals surface area contributed by atoms with Crippen LogP contribution in [-0.2, 0) is 13.1 Å². The van der Waals surface area contributed by atoms with Gasteiger partial charge in [-0.25, -0.2) is 0 Å². The SMILES string of the molecule is [CH3][Ti]([CH3])(=[SiH2])(=[CH]CCC1=CC=CC1)=[CH]CCC1=CC=CC1. The molecule has 2 aliphatic carbocycles. The van der Waals surface area contributed by atoms with E-state index in [0.29, 0.717) is 0 Å². The van der Waals surface area contributed by atoms with E-state index in [2.05, 4.69) is 63.2 Å². The maximum absolute atomic E-state index is 2.70. The molecule has 0 aromatic rings. The van der Waals surface area contributed by atoms with E-state index in [1.165, 1.54) is 38.5 Å². The van der Waals surface area contributed by atoms with E-state index in [1.54, 1.807) is 11.1 Å². The molecule has 0 saturated heterocycles. The van der Waals surface area contributed by atoms with Crippen molar-refractivity contribution in [3.05, 3.63) is 47.6 Å². The van der Waals surface area contributed by atoms with E-state index in [4.69, 9.17) is 0 Å². The van der Waals surface area contributed by atoms with Crippen LogP contribution in [-0.4, -0.2) is 16.3 Å². The monoisotopic (exact) mass is 320 g/mol. The molecule has 0 spiro atoms. The van der Waals surface area contributed by atoms with Gasteiger partial charge in [-0.1, -0.05) is 0 Å². The Morgan fingerprint density at radius 3 is 1.75 bits per heavy atom. The normalized spacial score (nSPS) is 16.9. The third kappa shape index (κ3) is 5.55. The fourth-order valence-corrected chi connectivity index (χ4v) is 8.26. The first-order chi connectivity index (χ1) is 9.42. The van der Waals surface area contributed by atoms with Gasteiger partial charge in [0.25, 0.3) is 0 Å². The minimum absolute atomic E-state index is 1.18. The first-order valence-electron chi connectivity index (χ1n) is 7.89. The molecule has 0 aromatic heterocycles. The van der Waals surface area contributed by atoms with Crippen molar-refractivity contribution >= 4 is 16.3 Å². The van der Waals surface area contributed by atoms with Crippen molar-refractivity contribution in [3.63, 3.8) is 0 Å². The zero-order valence-corrected chi connectivity index (χ0v) is 16.0. The average molecular weight is 320 g/mol. The third-order valence-electron chi connectivity index (χ3n) is 4.26. The van der Waals surface area contributed by atoms with Crippen LogP contribution in [0.25, 0.3) is 0 Å². The zero-order valence-electron chi connectivity index (χ0n) is 13.1. The molecule has 0 unspecified atom stereocenters. The molecule has 0 amide bonds. The predicted molar refractivity (Wildman–Crippen MR) is 94.5 cm³/mol. The summed E-state index contributed by atoms with van der Waals surface area (Å²) in [5.74, 6) is 0. The molecule has 2 aliphatic rings. The molecule has 108 valence electrons. The van der Waals surface area contributed by atoms with Crippen molar-refractivity contribution in [2.24, 2.45) is 0 Å². The molecule has 0 fully saturated rings. The summed E-state index contributed by atoms with van der Waals surface area (Å²) >= 11 is -2.34. The summed E-state index contributed by atoms with van der Waals surface area (Å²) in [4.78, 5) is 0. The van der Waals surface area contributed by atoms with Crippen LogP contribution in [0.15, 0.2) is 47.6 Å². The molecule has 0 aromatic carbocycles. The molecule has 0 atom stereocenters. The quantitative estimate of drug-likeness (QED) is 0.642. The van der Waals surface area contributed by atoms with Crippen LogP contribution in [0.5, 0.6) is 0 Å². The van der Waals surface area contributed by atoms with Crippen LogP contribution >= 0.6 is 0 Å². The topological polar surface area (TPSA) is 0 Å². The number of hydrogen-bond acceptors (Lipinski definition) is 0. The summed E-state index contributed by atoms with van der Waals surface area (Å²) in [5, 5.41) is 5.11. The Morgan fingerprint density at radius 2 is 1.40 bits per heavy atom. The van der Waals surface area contributed by atoms with Gasteiger partial charge in [0.05, 0.1) is 0 Å². The Labute approximate surface area is 125 Å². The van der Waals surface area contributed by atoms with Gasteiger partial charge in [0.1, 0.15) is 0 Å². The summed E-state index contributed by atoms with van der Waals surface area (Å²) in [6, 6.07) is 0. The first-order valence-corrected chi connectivity index (χ1v) is 16.8. The second kappa shape index (κ2) is 6.60. The van der Waals surface area contributed by atoms with E-state index in [1.807, 2.05) is 0 Å². The molecule has 0 N–H and O–H groups in total. The van der Waals surface area contributed by atoms with Gasteiger partial charge in [0.2, 0.25) is 0 Å². The van der Waals surface area contributed by atoms with Gasteiger partial charge in [0, 0.05) is 0 Å². The average Bonchev–Trinajstić information content (AvgIpc) is 3.00. The summed E-state index contributed by atoms with van der Waals surface area (Å²) in [6.45, 7) is 0. The van der Waals surface area contributed by atoms with E-state index < -0.39 is 13.1 Å². The Hall–Kier alpha value is -0.369. The molecule has 0 radical (unpaired) electrons. The van der Waals surface area contributed by atoms with Crippen LogP contribution in [0.1, 0.15) is 38.5 Å². The minimum atomic E-state index is -2.34. The van der Waals surface area contributed by atoms with Crippen LogP contribution in [0.3, 0.4) is 0 Å². The van der Waals surface area contributed by atoms with Crippen LogP contribution in [0, 0.1) is 0 Å². The molecule has 20 heavy (non-hydrogen) atoms. The Balaban J connectivity index is 1.91. The fraction of sp³-hybridized carbons (Fsp3) is 0.444. The van der Waals surface area contributed by atoms with Gasteiger partial charge in [-0.3, -0.25) is 0 Å². The van der Waals surface area contributed by atoms with Gasteiger partial charge in [-0.2, -0.15) is 0 Å². The van der Waals surface area contributed by atoms with Gasteiger partial charge < -0.3 is 0 Å². The van der Waals surface area contributed by atoms with E-state index in [-0.39, 0.29) is 0 Å². The molecule has 2 rings (SSSR count). The number of hydrogen-bond donors (Lipinski definition) is 0. The van der Waals surface area contributed by atoms with E-state index in [0.717, 1.165) is 0 Å². The molecular formula is C18H28SiTi. The Morgan fingerprint density at radius 1 is 0.950 bits per heavy atom. The second-order valence-electron chi connectivity index (χ2n) is 7.34. The van der Waals surface area contributed by atoms with Crippen molar-refractivity contribution in [2.75, 3.05) is 0 Å². The van der Waals surface area contributed by atoms with Crippen molar-refractivity contribution in [1.29, 1.82) is 0 Å². The van der Waals surface area contributed by atoms with E-state index >= 15 is 0 Å². The van der Waals surface area contributed by atoms with Crippen LogP contribution in [0.4, 0.5) is 0 Å². The second-order valence-corrected chi connectivity index (χ2v) is 27.0. The van der Waals surface area contributed by atoms with Crippen LogP contribution < -0.4 is 0 Å². The molecular weight excluding hydrogens is 292 g/mol. The van der Waals surface area contributed by atoms with E-state index in [9.17, 15) is 0 Å². The van der Waals surface area contributed by atoms with Crippen molar-refractivity contribution in [2.45, 2.75) is 49.0 Å². The molecule has 0 nitrogen and oxygen atoms in total. The number of allylic oxidation sites excluding steroid dienone is 8. The first kappa shape index (κ1) is 16.0. The molecule has 2 heteroatoms. The Bertz CT molecular complexity index is 653. The summed E-state index contributed by atoms with van der Waals surface area (Å²) in [6.07, 6.45) is 20.9. The predicted octanol–water partition coefficient (Wildman–Crippen LogP) is 4.26. The Kier molecular flexibility index (Phi) is 5.28. The molecule has 0 aliphatic heterocycles. The van der Waals surface area contributed by atoms with Crippen molar-refractivity contribution < 1.29 is 13.1 Å².